The van der Waals surface area contributed by atoms with E-state index in [0.717, 1.165) is 47.7 Å². The van der Waals surface area contributed by atoms with Crippen LogP contribution >= 0.6 is 0 Å². The molecule has 0 spiro atoms. The van der Waals surface area contributed by atoms with Gasteiger partial charge in [-0.25, -0.2) is 12.8 Å². The number of amides is 1. The van der Waals surface area contributed by atoms with Gasteiger partial charge in [0.15, 0.2) is 0 Å². The lowest BCUT2D eigenvalue weighted by Crippen LogP contribution is -2.46. The Morgan fingerprint density at radius 3 is 2.38 bits per heavy atom. The summed E-state index contributed by atoms with van der Waals surface area (Å²) in [5.41, 5.74) is 0.775. The molecule has 2 aromatic rings. The molecule has 0 aromatic heterocycles. The lowest BCUT2D eigenvalue weighted by molar-refractivity contribution is -0.122. The van der Waals surface area contributed by atoms with E-state index in [1.807, 2.05) is 30.3 Å². The molecule has 5 nitrogen and oxygen atoms in total. The van der Waals surface area contributed by atoms with E-state index >= 15 is 0 Å². The first-order valence-corrected chi connectivity index (χ1v) is 11.4. The quantitative estimate of drug-likeness (QED) is 0.745. The van der Waals surface area contributed by atoms with Crippen LogP contribution in [0.1, 0.15) is 38.2 Å². The summed E-state index contributed by atoms with van der Waals surface area (Å²) in [5, 5.41) is 3.01. The van der Waals surface area contributed by atoms with Crippen LogP contribution in [-0.4, -0.2) is 31.2 Å². The predicted molar refractivity (Wildman–Crippen MR) is 110 cm³/mol. The first kappa shape index (κ1) is 21.5. The molecule has 0 saturated heterocycles. The second-order valence-electron chi connectivity index (χ2n) is 7.65. The molecule has 0 bridgehead atoms. The topological polar surface area (TPSA) is 66.5 Å². The van der Waals surface area contributed by atoms with Crippen molar-refractivity contribution in [3.63, 3.8) is 0 Å². The highest BCUT2D eigenvalue weighted by Gasteiger charge is 2.29. The van der Waals surface area contributed by atoms with Gasteiger partial charge in [0.25, 0.3) is 0 Å². The van der Waals surface area contributed by atoms with Crippen molar-refractivity contribution >= 4 is 15.9 Å². The Hall–Kier alpha value is -2.25. The van der Waals surface area contributed by atoms with E-state index in [1.165, 1.54) is 12.1 Å². The summed E-state index contributed by atoms with van der Waals surface area (Å²) < 4.78 is 40.7. The van der Waals surface area contributed by atoms with E-state index in [-0.39, 0.29) is 29.9 Å². The van der Waals surface area contributed by atoms with Crippen molar-refractivity contribution in [2.45, 2.75) is 50.1 Å². The lowest BCUT2D eigenvalue weighted by atomic mass is 9.86. The zero-order valence-electron chi connectivity index (χ0n) is 16.6. The van der Waals surface area contributed by atoms with Crippen LogP contribution in [0.5, 0.6) is 0 Å². The van der Waals surface area contributed by atoms with Crippen LogP contribution in [0, 0.1) is 11.7 Å². The molecule has 1 fully saturated rings. The Kier molecular flexibility index (Phi) is 7.03. The van der Waals surface area contributed by atoms with Crippen LogP contribution < -0.4 is 5.32 Å². The maximum Gasteiger partial charge on any atom is 0.243 e. The first-order chi connectivity index (χ1) is 13.9. The highest BCUT2D eigenvalue weighted by atomic mass is 32.2. The first-order valence-electron chi connectivity index (χ1n) is 9.95. The molecule has 2 atom stereocenters. The van der Waals surface area contributed by atoms with Gasteiger partial charge in [0.1, 0.15) is 5.82 Å². The third-order valence-electron chi connectivity index (χ3n) is 5.43. The molecule has 1 aliphatic rings. The van der Waals surface area contributed by atoms with Crippen molar-refractivity contribution in [3.05, 3.63) is 66.0 Å². The summed E-state index contributed by atoms with van der Waals surface area (Å²) in [6, 6.07) is 13.9. The van der Waals surface area contributed by atoms with Gasteiger partial charge in [0.05, 0.1) is 11.4 Å². The van der Waals surface area contributed by atoms with Gasteiger partial charge in [-0.3, -0.25) is 4.79 Å². The molecule has 7 heteroatoms. The highest BCUT2D eigenvalue weighted by Crippen LogP contribution is 2.24. The number of hydrogen-bond acceptors (Lipinski definition) is 3. The number of halogens is 1. The van der Waals surface area contributed by atoms with Crippen LogP contribution in [-0.2, 0) is 21.4 Å². The Morgan fingerprint density at radius 2 is 1.72 bits per heavy atom. The minimum absolute atomic E-state index is 0.0336. The average molecular weight is 419 g/mol. The monoisotopic (exact) mass is 418 g/mol. The van der Waals surface area contributed by atoms with Gasteiger partial charge in [-0.05, 0) is 48.6 Å². The molecule has 1 N–H and O–H groups in total. The van der Waals surface area contributed by atoms with Crippen molar-refractivity contribution in [3.8, 4) is 0 Å². The minimum Gasteiger partial charge on any atom is -0.352 e. The van der Waals surface area contributed by atoms with Gasteiger partial charge in [0.2, 0.25) is 15.9 Å². The fraction of sp³-hybridized carbons (Fsp3) is 0.409. The molecule has 1 aliphatic carbocycles. The molecular formula is C22H27FN2O3S. The number of nitrogens with zero attached hydrogens (tertiary/aromatic N) is 1. The molecule has 1 saturated carbocycles. The highest BCUT2D eigenvalue weighted by molar-refractivity contribution is 7.89. The largest absolute Gasteiger partial charge is 0.352 e. The summed E-state index contributed by atoms with van der Waals surface area (Å²) in [4.78, 5) is 12.7. The molecule has 0 heterocycles. The van der Waals surface area contributed by atoms with Gasteiger partial charge in [0, 0.05) is 12.6 Å². The van der Waals surface area contributed by atoms with Crippen molar-refractivity contribution in [2.75, 3.05) is 6.54 Å². The number of benzene rings is 2. The summed E-state index contributed by atoms with van der Waals surface area (Å²) in [7, 11) is -3.96. The second kappa shape index (κ2) is 9.50. The standard InChI is InChI=1S/C22H27FN2O3S/c1-17-7-5-6-10-21(17)24-22(26)16-25(15-18-8-3-2-4-9-18)29(27,28)20-13-11-19(23)12-14-20/h2-4,8-9,11-14,17,21H,5-7,10,15-16H2,1H3,(H,24,26). The zero-order chi connectivity index (χ0) is 20.9. The van der Waals surface area contributed by atoms with Crippen LogP contribution in [0.25, 0.3) is 0 Å². The van der Waals surface area contributed by atoms with Crippen LogP contribution in [0.2, 0.25) is 0 Å². The van der Waals surface area contributed by atoms with Gasteiger partial charge < -0.3 is 5.32 Å². The van der Waals surface area contributed by atoms with E-state index in [2.05, 4.69) is 12.2 Å². The number of rotatable bonds is 7. The Bertz CT molecular complexity index is 917. The molecule has 0 aliphatic heterocycles. The fourth-order valence-electron chi connectivity index (χ4n) is 3.71. The Morgan fingerprint density at radius 1 is 1.07 bits per heavy atom. The van der Waals surface area contributed by atoms with E-state index in [9.17, 15) is 17.6 Å². The second-order valence-corrected chi connectivity index (χ2v) is 9.59. The number of carbonyl (C=O) groups excluding carboxylic acids is 1. The predicted octanol–water partition coefficient (Wildman–Crippen LogP) is 3.71. The summed E-state index contributed by atoms with van der Waals surface area (Å²) in [6.07, 6.45) is 4.20. The number of sulfonamides is 1. The number of carbonyl (C=O) groups is 1. The Labute approximate surface area is 172 Å². The molecule has 1 amide bonds. The molecule has 2 aromatic carbocycles. The van der Waals surface area contributed by atoms with E-state index in [0.29, 0.717) is 5.92 Å². The molecule has 2 unspecified atom stereocenters. The molecule has 156 valence electrons. The van der Waals surface area contributed by atoms with Crippen molar-refractivity contribution in [2.24, 2.45) is 5.92 Å². The number of hydrogen-bond donors (Lipinski definition) is 1. The van der Waals surface area contributed by atoms with Crippen LogP contribution in [0.4, 0.5) is 4.39 Å². The molecule has 0 radical (unpaired) electrons. The molecular weight excluding hydrogens is 391 g/mol. The average Bonchev–Trinajstić information content (AvgIpc) is 2.70. The lowest BCUT2D eigenvalue weighted by Gasteiger charge is -2.30. The minimum atomic E-state index is -3.96. The van der Waals surface area contributed by atoms with Crippen molar-refractivity contribution in [1.29, 1.82) is 0 Å². The maximum atomic E-state index is 13.3. The van der Waals surface area contributed by atoms with Crippen molar-refractivity contribution < 1.29 is 17.6 Å². The van der Waals surface area contributed by atoms with E-state index in [4.69, 9.17) is 0 Å². The van der Waals surface area contributed by atoms with Crippen molar-refractivity contribution in [1.82, 2.24) is 9.62 Å². The summed E-state index contributed by atoms with van der Waals surface area (Å²) in [6.45, 7) is 1.90. The molecule has 3 rings (SSSR count). The summed E-state index contributed by atoms with van der Waals surface area (Å²) >= 11 is 0. The third kappa shape index (κ3) is 5.64. The fourth-order valence-corrected chi connectivity index (χ4v) is 5.10. The van der Waals surface area contributed by atoms with Crippen LogP contribution in [0.3, 0.4) is 0 Å². The van der Waals surface area contributed by atoms with Gasteiger partial charge in [-0.2, -0.15) is 4.31 Å². The maximum absolute atomic E-state index is 13.3. The van der Waals surface area contributed by atoms with Crippen LogP contribution in [0.15, 0.2) is 59.5 Å². The van der Waals surface area contributed by atoms with Gasteiger partial charge in [-0.15, -0.1) is 0 Å². The van der Waals surface area contributed by atoms with E-state index < -0.39 is 15.8 Å². The SMILES string of the molecule is CC1CCCCC1NC(=O)CN(Cc1ccccc1)S(=O)(=O)c1ccc(F)cc1. The molecule has 29 heavy (non-hydrogen) atoms. The summed E-state index contributed by atoms with van der Waals surface area (Å²) in [5.74, 6) is -0.447. The van der Waals surface area contributed by atoms with Gasteiger partial charge in [-0.1, -0.05) is 50.1 Å². The third-order valence-corrected chi connectivity index (χ3v) is 7.24. The number of nitrogens with one attached hydrogen (secondary N) is 1. The van der Waals surface area contributed by atoms with E-state index in [1.54, 1.807) is 0 Å². The van der Waals surface area contributed by atoms with Gasteiger partial charge >= 0.3 is 0 Å². The smallest absolute Gasteiger partial charge is 0.243 e. The Balaban J connectivity index is 1.80. The normalized spacial score (nSPS) is 19.8. The zero-order valence-corrected chi connectivity index (χ0v) is 17.4.